The van der Waals surface area contributed by atoms with Crippen LogP contribution in [0.4, 0.5) is 0 Å². The molecule has 3 aliphatic rings. The van der Waals surface area contributed by atoms with Crippen molar-refractivity contribution < 1.29 is 14.4 Å². The number of nitrogens with zero attached hydrogens (tertiary/aromatic N) is 2. The minimum absolute atomic E-state index is 0.0263. The average molecular weight is 326 g/mol. The molecule has 2 atom stereocenters. The van der Waals surface area contributed by atoms with Crippen molar-refractivity contribution in [3.05, 3.63) is 34.9 Å². The van der Waals surface area contributed by atoms with Gasteiger partial charge >= 0.3 is 0 Å². The molecule has 2 bridgehead atoms. The number of carbonyl (C=O) groups is 3. The summed E-state index contributed by atoms with van der Waals surface area (Å²) in [6.45, 7) is 1.09. The Balaban J connectivity index is 1.66. The highest BCUT2D eigenvalue weighted by Crippen LogP contribution is 2.30. The number of ketones is 1. The molecular weight excluding hydrogens is 304 g/mol. The molecule has 2 aliphatic heterocycles. The van der Waals surface area contributed by atoms with Crippen LogP contribution in [0.5, 0.6) is 0 Å². The lowest BCUT2D eigenvalue weighted by Crippen LogP contribution is -2.42. The van der Waals surface area contributed by atoms with E-state index in [0.717, 1.165) is 24.8 Å². The first-order chi connectivity index (χ1) is 11.6. The van der Waals surface area contributed by atoms with Crippen LogP contribution in [0.1, 0.15) is 52.0 Å². The fraction of sp³-hybridized carbons (Fsp3) is 0.526. The summed E-state index contributed by atoms with van der Waals surface area (Å²) in [7, 11) is 1.86. The fourth-order valence-corrected chi connectivity index (χ4v) is 4.39. The summed E-state index contributed by atoms with van der Waals surface area (Å²) in [6.07, 6.45) is 3.99. The predicted octanol–water partition coefficient (Wildman–Crippen LogP) is 1.90. The van der Waals surface area contributed by atoms with Crippen molar-refractivity contribution in [1.82, 2.24) is 9.80 Å². The van der Waals surface area contributed by atoms with Crippen molar-refractivity contribution in [3.63, 3.8) is 0 Å². The Kier molecular flexibility index (Phi) is 3.66. The van der Waals surface area contributed by atoms with Crippen LogP contribution in [0.25, 0.3) is 0 Å². The number of Topliss-reactive ketones (excluding diaryl/α,β-unsaturated/α-hetero) is 1. The van der Waals surface area contributed by atoms with Gasteiger partial charge in [0.05, 0.1) is 5.92 Å². The molecule has 2 amide bonds. The number of likely N-dealkylation sites (N-methyl/N-ethyl adjacent to an activating group) is 1. The van der Waals surface area contributed by atoms with Gasteiger partial charge in [-0.05, 0) is 30.9 Å². The minimum atomic E-state index is -0.0927. The molecule has 0 saturated carbocycles. The molecular formula is C19H22N2O3. The molecule has 0 spiro atoms. The van der Waals surface area contributed by atoms with E-state index in [1.54, 1.807) is 6.07 Å². The van der Waals surface area contributed by atoms with Crippen LogP contribution in [0, 0.1) is 5.92 Å². The molecule has 0 radical (unpaired) electrons. The van der Waals surface area contributed by atoms with Gasteiger partial charge in [0, 0.05) is 43.7 Å². The highest BCUT2D eigenvalue weighted by Gasteiger charge is 2.39. The quantitative estimate of drug-likeness (QED) is 0.792. The number of rotatable bonds is 1. The van der Waals surface area contributed by atoms with Gasteiger partial charge in [-0.15, -0.1) is 0 Å². The van der Waals surface area contributed by atoms with Gasteiger partial charge < -0.3 is 9.80 Å². The molecule has 5 heteroatoms. The van der Waals surface area contributed by atoms with Crippen LogP contribution < -0.4 is 0 Å². The Morgan fingerprint density at radius 1 is 1.12 bits per heavy atom. The third-order valence-electron chi connectivity index (χ3n) is 5.80. The number of likely N-dealkylation sites (tertiary alicyclic amines) is 1. The predicted molar refractivity (Wildman–Crippen MR) is 88.9 cm³/mol. The number of carbonyl (C=O) groups excluding carboxylic acids is 3. The molecule has 2 fully saturated rings. The molecule has 0 N–H and O–H groups in total. The first-order valence-electron chi connectivity index (χ1n) is 8.77. The molecule has 24 heavy (non-hydrogen) atoms. The van der Waals surface area contributed by atoms with Crippen LogP contribution in [0.15, 0.2) is 18.2 Å². The third kappa shape index (κ3) is 2.34. The Morgan fingerprint density at radius 2 is 1.96 bits per heavy atom. The molecule has 2 saturated heterocycles. The van der Waals surface area contributed by atoms with Crippen LogP contribution in [0.2, 0.25) is 0 Å². The largest absolute Gasteiger partial charge is 0.341 e. The lowest BCUT2D eigenvalue weighted by atomic mass is 9.97. The molecule has 1 aromatic rings. The monoisotopic (exact) mass is 326 g/mol. The van der Waals surface area contributed by atoms with Crippen LogP contribution in [0.3, 0.4) is 0 Å². The van der Waals surface area contributed by atoms with Crippen molar-refractivity contribution >= 4 is 17.6 Å². The molecule has 4 rings (SSSR count). The van der Waals surface area contributed by atoms with Crippen LogP contribution in [-0.2, 0) is 11.2 Å². The van der Waals surface area contributed by atoms with E-state index in [1.165, 1.54) is 0 Å². The molecule has 2 heterocycles. The Labute approximate surface area is 141 Å². The van der Waals surface area contributed by atoms with E-state index >= 15 is 0 Å². The van der Waals surface area contributed by atoms with Gasteiger partial charge in [0.25, 0.3) is 5.91 Å². The van der Waals surface area contributed by atoms with E-state index in [0.29, 0.717) is 37.1 Å². The molecule has 126 valence electrons. The van der Waals surface area contributed by atoms with E-state index in [9.17, 15) is 14.4 Å². The lowest BCUT2D eigenvalue weighted by Gasteiger charge is -2.30. The first-order valence-corrected chi connectivity index (χ1v) is 8.77. The van der Waals surface area contributed by atoms with E-state index in [-0.39, 0.29) is 29.6 Å². The van der Waals surface area contributed by atoms with Crippen molar-refractivity contribution in [2.24, 2.45) is 5.92 Å². The van der Waals surface area contributed by atoms with E-state index in [1.807, 2.05) is 29.0 Å². The zero-order chi connectivity index (χ0) is 16.8. The van der Waals surface area contributed by atoms with Gasteiger partial charge in [-0.25, -0.2) is 0 Å². The maximum absolute atomic E-state index is 13.1. The molecule has 5 nitrogen and oxygen atoms in total. The normalized spacial score (nSPS) is 26.4. The van der Waals surface area contributed by atoms with Crippen LogP contribution >= 0.6 is 0 Å². The zero-order valence-corrected chi connectivity index (χ0v) is 14.0. The first kappa shape index (κ1) is 15.4. The SMILES string of the molecule is CN1C(=O)[C@@H]2CCC[C@H]1CN(C(=O)c1cccc3c1CCC3=O)C2. The van der Waals surface area contributed by atoms with Crippen molar-refractivity contribution in [3.8, 4) is 0 Å². The number of hydrogen-bond acceptors (Lipinski definition) is 3. The Morgan fingerprint density at radius 3 is 2.79 bits per heavy atom. The maximum atomic E-state index is 13.1. The van der Waals surface area contributed by atoms with Gasteiger partial charge in [-0.3, -0.25) is 14.4 Å². The van der Waals surface area contributed by atoms with Crippen molar-refractivity contribution in [2.45, 2.75) is 38.1 Å². The Hall–Kier alpha value is -2.17. The number of fused-ring (bicyclic) bond motifs is 4. The summed E-state index contributed by atoms with van der Waals surface area (Å²) in [5.41, 5.74) is 2.24. The van der Waals surface area contributed by atoms with Crippen molar-refractivity contribution in [1.29, 1.82) is 0 Å². The lowest BCUT2D eigenvalue weighted by molar-refractivity contribution is -0.134. The van der Waals surface area contributed by atoms with Crippen molar-refractivity contribution in [2.75, 3.05) is 20.1 Å². The zero-order valence-electron chi connectivity index (χ0n) is 14.0. The van der Waals surface area contributed by atoms with E-state index in [2.05, 4.69) is 0 Å². The number of benzene rings is 1. The van der Waals surface area contributed by atoms with Gasteiger partial charge in [0.2, 0.25) is 5.91 Å². The summed E-state index contributed by atoms with van der Waals surface area (Å²) in [5, 5.41) is 0. The minimum Gasteiger partial charge on any atom is -0.341 e. The average Bonchev–Trinajstić information content (AvgIpc) is 2.83. The smallest absolute Gasteiger partial charge is 0.254 e. The summed E-state index contributed by atoms with van der Waals surface area (Å²) in [5.74, 6) is 0.176. The molecule has 1 aliphatic carbocycles. The fourth-order valence-electron chi connectivity index (χ4n) is 4.39. The van der Waals surface area contributed by atoms with Gasteiger partial charge in [0.15, 0.2) is 5.78 Å². The summed E-state index contributed by atoms with van der Waals surface area (Å²) < 4.78 is 0. The van der Waals surface area contributed by atoms with Gasteiger partial charge in [-0.2, -0.15) is 0 Å². The topological polar surface area (TPSA) is 57.7 Å². The van der Waals surface area contributed by atoms with E-state index < -0.39 is 0 Å². The highest BCUT2D eigenvalue weighted by molar-refractivity contribution is 6.05. The molecule has 1 aromatic carbocycles. The van der Waals surface area contributed by atoms with E-state index in [4.69, 9.17) is 0 Å². The summed E-state index contributed by atoms with van der Waals surface area (Å²) in [6, 6.07) is 5.54. The number of hydrogen-bond donors (Lipinski definition) is 0. The second-order valence-electron chi connectivity index (χ2n) is 7.20. The van der Waals surface area contributed by atoms with Gasteiger partial charge in [0.1, 0.15) is 0 Å². The second kappa shape index (κ2) is 5.72. The molecule has 0 aromatic heterocycles. The van der Waals surface area contributed by atoms with Crippen LogP contribution in [-0.4, -0.2) is 53.6 Å². The third-order valence-corrected chi connectivity index (χ3v) is 5.80. The Bertz CT molecular complexity index is 727. The number of amides is 2. The maximum Gasteiger partial charge on any atom is 0.254 e. The summed E-state index contributed by atoms with van der Waals surface area (Å²) >= 11 is 0. The van der Waals surface area contributed by atoms with Gasteiger partial charge in [-0.1, -0.05) is 18.6 Å². The summed E-state index contributed by atoms with van der Waals surface area (Å²) in [4.78, 5) is 41.3. The standard InChI is InChI=1S/C19H22N2O3/c1-20-13-5-2-4-12(18(20)23)10-21(11-13)19(24)16-7-3-6-15-14(16)8-9-17(15)22/h3,6-7,12-13H,2,4-5,8-11H2,1H3/t12-,13+/m1/s1. The second-order valence-corrected chi connectivity index (χ2v) is 7.20. The molecule has 0 unspecified atom stereocenters. The highest BCUT2D eigenvalue weighted by atomic mass is 16.2.